The van der Waals surface area contributed by atoms with Crippen molar-refractivity contribution in [3.05, 3.63) is 89.7 Å². The monoisotopic (exact) mass is 345 g/mol. The molecule has 0 amide bonds. The molecule has 2 aromatic carbocycles. The number of hydrogen-bond donors (Lipinski definition) is 0. The Kier molecular flexibility index (Phi) is 5.41. The number of pyridine rings is 1. The molecule has 0 aliphatic rings. The van der Waals surface area contributed by atoms with Crippen LogP contribution in [-0.2, 0) is 0 Å². The normalized spacial score (nSPS) is 11.6. The molecule has 3 aromatic rings. The zero-order valence-corrected chi connectivity index (χ0v) is 15.7. The van der Waals surface area contributed by atoms with Crippen molar-refractivity contribution >= 4 is 20.4 Å². The average Bonchev–Trinajstić information content (AvgIpc) is 2.62. The summed E-state index contributed by atoms with van der Waals surface area (Å²) in [6.07, 6.45) is 1.79. The molecule has 0 spiro atoms. The molecule has 3 rings (SSSR count). The van der Waals surface area contributed by atoms with E-state index in [2.05, 4.69) is 49.3 Å². The molecule has 1 heterocycles. The van der Waals surface area contributed by atoms with E-state index in [1.54, 1.807) is 6.20 Å². The second-order valence-electron chi connectivity index (χ2n) is 6.02. The average molecular weight is 345 g/mol. The van der Waals surface area contributed by atoms with Gasteiger partial charge in [0, 0.05) is 11.8 Å². The fourth-order valence-electron chi connectivity index (χ4n) is 2.50. The molecule has 125 valence electrons. The Bertz CT molecular complexity index is 820. The number of hydrogen-bond acceptors (Lipinski definition) is 3. The van der Waals surface area contributed by atoms with Crippen molar-refractivity contribution in [3.63, 3.8) is 0 Å². The van der Waals surface area contributed by atoms with Gasteiger partial charge in [-0.25, -0.2) is 4.99 Å². The van der Waals surface area contributed by atoms with Crippen molar-refractivity contribution in [2.24, 2.45) is 4.99 Å². The van der Waals surface area contributed by atoms with Crippen LogP contribution in [0.1, 0.15) is 16.8 Å². The van der Waals surface area contributed by atoms with Crippen LogP contribution in [0.15, 0.2) is 77.9 Å². The molecule has 4 heteroatoms. The zero-order chi connectivity index (χ0) is 17.6. The number of aromatic nitrogens is 1. The van der Waals surface area contributed by atoms with Gasteiger partial charge < -0.3 is 4.43 Å². The first-order chi connectivity index (χ1) is 12.1. The second kappa shape index (κ2) is 7.90. The first-order valence-corrected chi connectivity index (χ1v) is 10.7. The van der Waals surface area contributed by atoms with Crippen LogP contribution in [-0.4, -0.2) is 19.7 Å². The molecule has 0 atom stereocenters. The molecule has 1 radical (unpaired) electrons. The predicted molar refractivity (Wildman–Crippen MR) is 105 cm³/mol. The van der Waals surface area contributed by atoms with Gasteiger partial charge in [-0.05, 0) is 49.8 Å². The summed E-state index contributed by atoms with van der Waals surface area (Å²) in [5.41, 5.74) is 4.72. The first-order valence-electron chi connectivity index (χ1n) is 8.27. The standard InChI is InChI=1S/C21H21N2OSi/c1-16-12-13-18(20(15-16)24-25(2)3)23-21(17-9-5-4-6-10-17)19-11-7-8-14-22-19/h4-15H,1-3H3. The van der Waals surface area contributed by atoms with Crippen LogP contribution in [0.4, 0.5) is 5.69 Å². The van der Waals surface area contributed by atoms with Crippen LogP contribution in [0, 0.1) is 6.92 Å². The van der Waals surface area contributed by atoms with Crippen LogP contribution < -0.4 is 4.43 Å². The summed E-state index contributed by atoms with van der Waals surface area (Å²) in [4.78, 5) is 9.43. The fourth-order valence-corrected chi connectivity index (χ4v) is 3.11. The maximum atomic E-state index is 6.07. The van der Waals surface area contributed by atoms with Crippen molar-refractivity contribution in [1.29, 1.82) is 0 Å². The Morgan fingerprint density at radius 1 is 0.960 bits per heavy atom. The predicted octanol–water partition coefficient (Wildman–Crippen LogP) is 5.19. The maximum absolute atomic E-state index is 6.07. The van der Waals surface area contributed by atoms with E-state index in [4.69, 9.17) is 9.42 Å². The third-order valence-corrected chi connectivity index (χ3v) is 4.24. The minimum Gasteiger partial charge on any atom is -0.541 e. The lowest BCUT2D eigenvalue weighted by Crippen LogP contribution is -2.11. The van der Waals surface area contributed by atoms with E-state index in [1.807, 2.05) is 42.5 Å². The number of benzene rings is 2. The van der Waals surface area contributed by atoms with Crippen LogP contribution >= 0.6 is 0 Å². The minimum absolute atomic E-state index is 0.835. The van der Waals surface area contributed by atoms with Gasteiger partial charge in [0.2, 0.25) is 0 Å². The topological polar surface area (TPSA) is 34.5 Å². The molecule has 3 nitrogen and oxygen atoms in total. The molecule has 25 heavy (non-hydrogen) atoms. The summed E-state index contributed by atoms with van der Waals surface area (Å²) in [5.74, 6) is 0.836. The van der Waals surface area contributed by atoms with Gasteiger partial charge in [0.05, 0.1) is 11.4 Å². The van der Waals surface area contributed by atoms with Crippen LogP contribution in [0.2, 0.25) is 13.1 Å². The van der Waals surface area contributed by atoms with Gasteiger partial charge in [-0.1, -0.05) is 42.5 Å². The smallest absolute Gasteiger partial charge is 0.274 e. The van der Waals surface area contributed by atoms with Crippen molar-refractivity contribution in [2.75, 3.05) is 0 Å². The molecule has 0 aliphatic heterocycles. The number of aryl methyl sites for hydroxylation is 1. The van der Waals surface area contributed by atoms with Crippen molar-refractivity contribution in [3.8, 4) is 5.75 Å². The molecule has 0 fully saturated rings. The van der Waals surface area contributed by atoms with Gasteiger partial charge in [-0.3, -0.25) is 4.98 Å². The maximum Gasteiger partial charge on any atom is 0.274 e. The number of rotatable bonds is 5. The Balaban J connectivity index is 2.14. The van der Waals surface area contributed by atoms with Crippen LogP contribution in [0.3, 0.4) is 0 Å². The summed E-state index contributed by atoms with van der Waals surface area (Å²) in [6, 6.07) is 22.1. The second-order valence-corrected chi connectivity index (χ2v) is 8.04. The van der Waals surface area contributed by atoms with Gasteiger partial charge in [0.1, 0.15) is 11.4 Å². The van der Waals surface area contributed by atoms with E-state index < -0.39 is 9.04 Å². The highest BCUT2D eigenvalue weighted by molar-refractivity contribution is 6.49. The highest BCUT2D eigenvalue weighted by Gasteiger charge is 2.12. The lowest BCUT2D eigenvalue weighted by molar-refractivity contribution is 0.581. The minimum atomic E-state index is -0.874. The molecule has 0 aliphatic carbocycles. The molecule has 0 saturated carbocycles. The van der Waals surface area contributed by atoms with E-state index in [0.717, 1.165) is 34.0 Å². The number of nitrogens with zero attached hydrogens (tertiary/aromatic N) is 2. The molecule has 1 aromatic heterocycles. The molecule has 0 saturated heterocycles. The van der Waals surface area contributed by atoms with E-state index in [1.165, 1.54) is 0 Å². The van der Waals surface area contributed by atoms with Crippen LogP contribution in [0.25, 0.3) is 0 Å². The third-order valence-electron chi connectivity index (χ3n) is 3.62. The Morgan fingerprint density at radius 2 is 1.72 bits per heavy atom. The summed E-state index contributed by atoms with van der Waals surface area (Å²) >= 11 is 0. The summed E-state index contributed by atoms with van der Waals surface area (Å²) in [5, 5.41) is 0. The van der Waals surface area contributed by atoms with Gasteiger partial charge in [0.25, 0.3) is 9.04 Å². The lowest BCUT2D eigenvalue weighted by Gasteiger charge is -2.13. The molecular weight excluding hydrogens is 324 g/mol. The van der Waals surface area contributed by atoms with Gasteiger partial charge in [-0.15, -0.1) is 0 Å². The third kappa shape index (κ3) is 4.42. The van der Waals surface area contributed by atoms with E-state index in [0.29, 0.717) is 0 Å². The van der Waals surface area contributed by atoms with E-state index in [9.17, 15) is 0 Å². The molecular formula is C21H21N2OSi. The number of aliphatic imine (C=N–C) groups is 1. The Morgan fingerprint density at radius 3 is 2.40 bits per heavy atom. The summed E-state index contributed by atoms with van der Waals surface area (Å²) in [7, 11) is -0.874. The van der Waals surface area contributed by atoms with E-state index in [-0.39, 0.29) is 0 Å². The molecule has 0 unspecified atom stereocenters. The highest BCUT2D eigenvalue weighted by Crippen LogP contribution is 2.30. The summed E-state index contributed by atoms with van der Waals surface area (Å²) < 4.78 is 6.07. The van der Waals surface area contributed by atoms with Crippen LogP contribution in [0.5, 0.6) is 5.75 Å². The van der Waals surface area contributed by atoms with Gasteiger partial charge >= 0.3 is 0 Å². The highest BCUT2D eigenvalue weighted by atomic mass is 28.3. The lowest BCUT2D eigenvalue weighted by atomic mass is 10.1. The van der Waals surface area contributed by atoms with Crippen molar-refractivity contribution in [2.45, 2.75) is 20.0 Å². The molecule has 0 N–H and O–H groups in total. The van der Waals surface area contributed by atoms with Gasteiger partial charge in [0.15, 0.2) is 0 Å². The Labute approximate surface area is 150 Å². The zero-order valence-electron chi connectivity index (χ0n) is 14.7. The molecule has 0 bridgehead atoms. The van der Waals surface area contributed by atoms with Crippen molar-refractivity contribution < 1.29 is 4.43 Å². The Hall–Kier alpha value is -2.72. The van der Waals surface area contributed by atoms with E-state index >= 15 is 0 Å². The fraction of sp³-hybridized carbons (Fsp3) is 0.143. The van der Waals surface area contributed by atoms with Crippen molar-refractivity contribution in [1.82, 2.24) is 4.98 Å². The quantitative estimate of drug-likeness (QED) is 0.471. The first kappa shape index (κ1) is 17.1. The van der Waals surface area contributed by atoms with Gasteiger partial charge in [-0.2, -0.15) is 0 Å². The summed E-state index contributed by atoms with van der Waals surface area (Å²) in [6.45, 7) is 6.31. The largest absolute Gasteiger partial charge is 0.541 e. The SMILES string of the molecule is Cc1ccc(N=C(c2ccccc2)c2ccccn2)c(O[Si](C)C)c1.